The Morgan fingerprint density at radius 3 is 2.33 bits per heavy atom. The average Bonchev–Trinajstić information content (AvgIpc) is 2.45. The number of hydrogen-bond acceptors (Lipinski definition) is 2. The molecule has 0 aromatic heterocycles. The molecule has 0 saturated carbocycles. The molecule has 0 spiro atoms. The Hall–Kier alpha value is -1.39. The first-order valence-electron chi connectivity index (χ1n) is 7.48. The normalized spacial score (nSPS) is 11.5. The lowest BCUT2D eigenvalue weighted by Gasteiger charge is -2.15. The summed E-state index contributed by atoms with van der Waals surface area (Å²) in [6, 6.07) is 4.00. The van der Waals surface area contributed by atoms with Crippen LogP contribution in [0.4, 0.5) is 18.9 Å². The minimum atomic E-state index is -4.38. The summed E-state index contributed by atoms with van der Waals surface area (Å²) in [5.41, 5.74) is -0.551. The molecule has 120 valence electrons. The van der Waals surface area contributed by atoms with Gasteiger partial charge >= 0.3 is 6.18 Å². The lowest BCUT2D eigenvalue weighted by molar-refractivity contribution is -0.137. The Morgan fingerprint density at radius 2 is 1.71 bits per heavy atom. The maximum Gasteiger partial charge on any atom is 0.418 e. The first-order chi connectivity index (χ1) is 9.99. The fraction of sp³-hybridized carbons (Fsp3) is 0.625. The number of nitrogens with one attached hydrogen (secondary N) is 1. The largest absolute Gasteiger partial charge is 0.497 e. The predicted molar refractivity (Wildman–Crippen MR) is 79.9 cm³/mol. The zero-order chi connectivity index (χ0) is 15.7. The predicted octanol–water partition coefficient (Wildman–Crippen LogP) is 5.49. The van der Waals surface area contributed by atoms with Crippen molar-refractivity contribution in [3.8, 4) is 5.75 Å². The van der Waals surface area contributed by atoms with Crippen LogP contribution in [-0.2, 0) is 6.18 Å². The lowest BCUT2D eigenvalue weighted by Crippen LogP contribution is -2.12. The lowest BCUT2D eigenvalue weighted by atomic mass is 10.1. The Bertz CT molecular complexity index is 418. The quantitative estimate of drug-likeness (QED) is 0.609. The molecule has 21 heavy (non-hydrogen) atoms. The fourth-order valence-electron chi connectivity index (χ4n) is 2.17. The monoisotopic (exact) mass is 303 g/mol. The topological polar surface area (TPSA) is 21.3 Å². The molecule has 0 radical (unpaired) electrons. The molecule has 0 aliphatic heterocycles. The molecule has 5 heteroatoms. The summed E-state index contributed by atoms with van der Waals surface area (Å²) >= 11 is 0. The van der Waals surface area contributed by atoms with Crippen LogP contribution in [-0.4, -0.2) is 13.7 Å². The summed E-state index contributed by atoms with van der Waals surface area (Å²) in [6.07, 6.45) is 2.32. The Kier molecular flexibility index (Phi) is 7.40. The fourth-order valence-corrected chi connectivity index (χ4v) is 2.17. The number of halogens is 3. The van der Waals surface area contributed by atoms with Gasteiger partial charge in [0.2, 0.25) is 0 Å². The minimum Gasteiger partial charge on any atom is -0.497 e. The summed E-state index contributed by atoms with van der Waals surface area (Å²) in [6.45, 7) is 2.71. The molecule has 0 saturated heterocycles. The summed E-state index contributed by atoms with van der Waals surface area (Å²) < 4.78 is 43.8. The van der Waals surface area contributed by atoms with E-state index in [1.807, 2.05) is 0 Å². The van der Waals surface area contributed by atoms with E-state index >= 15 is 0 Å². The molecule has 1 aromatic carbocycles. The van der Waals surface area contributed by atoms with Crippen molar-refractivity contribution < 1.29 is 17.9 Å². The zero-order valence-corrected chi connectivity index (χ0v) is 12.7. The Balaban J connectivity index is 2.51. The molecule has 0 bridgehead atoms. The smallest absolute Gasteiger partial charge is 0.418 e. The summed E-state index contributed by atoms with van der Waals surface area (Å²) in [4.78, 5) is 0. The summed E-state index contributed by atoms with van der Waals surface area (Å²) in [5.74, 6) is 0.215. The average molecular weight is 303 g/mol. The van der Waals surface area contributed by atoms with Gasteiger partial charge in [-0.05, 0) is 24.6 Å². The highest BCUT2D eigenvalue weighted by Gasteiger charge is 2.33. The molecule has 0 amide bonds. The third-order valence-corrected chi connectivity index (χ3v) is 3.38. The van der Waals surface area contributed by atoms with E-state index in [1.54, 1.807) is 6.07 Å². The number of rotatable bonds is 9. The van der Waals surface area contributed by atoms with E-state index in [4.69, 9.17) is 4.74 Å². The Morgan fingerprint density at radius 1 is 1.05 bits per heavy atom. The zero-order valence-electron chi connectivity index (χ0n) is 12.7. The molecule has 1 N–H and O–H groups in total. The first kappa shape index (κ1) is 17.7. The van der Waals surface area contributed by atoms with Crippen LogP contribution in [0.1, 0.15) is 51.0 Å². The van der Waals surface area contributed by atoms with Crippen LogP contribution >= 0.6 is 0 Å². The molecule has 0 aliphatic rings. The van der Waals surface area contributed by atoms with E-state index in [-0.39, 0.29) is 11.4 Å². The molecule has 0 unspecified atom stereocenters. The van der Waals surface area contributed by atoms with Crippen molar-refractivity contribution in [1.82, 2.24) is 0 Å². The molecule has 0 aliphatic carbocycles. The van der Waals surface area contributed by atoms with Crippen LogP contribution in [0.3, 0.4) is 0 Å². The van der Waals surface area contributed by atoms with Crippen molar-refractivity contribution >= 4 is 5.69 Å². The van der Waals surface area contributed by atoms with Crippen LogP contribution in [0.5, 0.6) is 5.75 Å². The SMILES string of the molecule is CCCCCCCCNc1ccc(OC)cc1C(F)(F)F. The first-order valence-corrected chi connectivity index (χ1v) is 7.48. The number of hydrogen-bond donors (Lipinski definition) is 1. The number of ether oxygens (including phenoxy) is 1. The van der Waals surface area contributed by atoms with Gasteiger partial charge in [0.25, 0.3) is 0 Å². The number of anilines is 1. The minimum absolute atomic E-state index is 0.122. The molecule has 2 nitrogen and oxygen atoms in total. The summed E-state index contributed by atoms with van der Waals surface area (Å²) in [7, 11) is 1.36. The molecular weight excluding hydrogens is 279 g/mol. The van der Waals surface area contributed by atoms with Gasteiger partial charge in [0.05, 0.1) is 12.7 Å². The van der Waals surface area contributed by atoms with Crippen molar-refractivity contribution in [3.63, 3.8) is 0 Å². The van der Waals surface area contributed by atoms with Crippen molar-refractivity contribution in [3.05, 3.63) is 23.8 Å². The molecule has 0 heterocycles. The van der Waals surface area contributed by atoms with Gasteiger partial charge in [-0.25, -0.2) is 0 Å². The van der Waals surface area contributed by atoms with Crippen LogP contribution in [0.25, 0.3) is 0 Å². The third kappa shape index (κ3) is 6.27. The van der Waals surface area contributed by atoms with E-state index in [9.17, 15) is 13.2 Å². The van der Waals surface area contributed by atoms with Crippen molar-refractivity contribution in [1.29, 1.82) is 0 Å². The van der Waals surface area contributed by atoms with E-state index < -0.39 is 11.7 Å². The standard InChI is InChI=1S/C16H24F3NO/c1-3-4-5-6-7-8-11-20-15-10-9-13(21-2)12-14(15)16(17,18)19/h9-10,12,20H,3-8,11H2,1-2H3. The van der Waals surface area contributed by atoms with Crippen molar-refractivity contribution in [2.75, 3.05) is 19.0 Å². The van der Waals surface area contributed by atoms with Gasteiger partial charge in [-0.1, -0.05) is 39.0 Å². The van der Waals surface area contributed by atoms with E-state index in [2.05, 4.69) is 12.2 Å². The number of benzene rings is 1. The second-order valence-electron chi connectivity index (χ2n) is 5.10. The van der Waals surface area contributed by atoms with Gasteiger partial charge in [0.15, 0.2) is 0 Å². The number of unbranched alkanes of at least 4 members (excludes halogenated alkanes) is 5. The molecule has 0 fully saturated rings. The number of methoxy groups -OCH3 is 1. The van der Waals surface area contributed by atoms with Crippen LogP contribution in [0.2, 0.25) is 0 Å². The van der Waals surface area contributed by atoms with Gasteiger partial charge in [-0.3, -0.25) is 0 Å². The van der Waals surface area contributed by atoms with E-state index in [1.165, 1.54) is 32.4 Å². The second-order valence-corrected chi connectivity index (χ2v) is 5.10. The highest BCUT2D eigenvalue weighted by Crippen LogP contribution is 2.37. The van der Waals surface area contributed by atoms with Crippen LogP contribution in [0.15, 0.2) is 18.2 Å². The molecule has 0 atom stereocenters. The van der Waals surface area contributed by atoms with Gasteiger partial charge < -0.3 is 10.1 Å². The molecule has 1 aromatic rings. The third-order valence-electron chi connectivity index (χ3n) is 3.38. The number of alkyl halides is 3. The Labute approximate surface area is 124 Å². The van der Waals surface area contributed by atoms with Crippen molar-refractivity contribution in [2.45, 2.75) is 51.6 Å². The highest BCUT2D eigenvalue weighted by molar-refractivity contribution is 5.55. The van der Waals surface area contributed by atoms with Gasteiger partial charge in [-0.15, -0.1) is 0 Å². The summed E-state index contributed by atoms with van der Waals surface area (Å²) in [5, 5.41) is 2.89. The maximum atomic E-state index is 13.0. The highest BCUT2D eigenvalue weighted by atomic mass is 19.4. The van der Waals surface area contributed by atoms with E-state index in [0.29, 0.717) is 6.54 Å². The molecular formula is C16H24F3NO. The van der Waals surface area contributed by atoms with Crippen molar-refractivity contribution in [2.24, 2.45) is 0 Å². The van der Waals surface area contributed by atoms with Gasteiger partial charge in [-0.2, -0.15) is 13.2 Å². The maximum absolute atomic E-state index is 13.0. The van der Waals surface area contributed by atoms with E-state index in [0.717, 1.165) is 25.3 Å². The molecule has 1 rings (SSSR count). The van der Waals surface area contributed by atoms with Crippen LogP contribution in [0, 0.1) is 0 Å². The van der Waals surface area contributed by atoms with Gasteiger partial charge in [0.1, 0.15) is 5.75 Å². The van der Waals surface area contributed by atoms with Gasteiger partial charge in [0, 0.05) is 12.2 Å². The second kappa shape index (κ2) is 8.80. The van der Waals surface area contributed by atoms with Crippen LogP contribution < -0.4 is 10.1 Å².